The molecule has 2 N–H and O–H groups in total. The Kier molecular flexibility index (Phi) is 6.56. The van der Waals surface area contributed by atoms with Gasteiger partial charge in [0.15, 0.2) is 5.78 Å². The summed E-state index contributed by atoms with van der Waals surface area (Å²) in [7, 11) is 0. The average Bonchev–Trinajstić information content (AvgIpc) is 2.66. The van der Waals surface area contributed by atoms with Crippen LogP contribution in [0.25, 0.3) is 5.57 Å². The van der Waals surface area contributed by atoms with Crippen molar-refractivity contribution in [2.24, 2.45) is 0 Å². The molecule has 0 unspecified atom stereocenters. The van der Waals surface area contributed by atoms with Crippen molar-refractivity contribution in [3.63, 3.8) is 0 Å². The van der Waals surface area contributed by atoms with Crippen LogP contribution in [0.2, 0.25) is 25.1 Å². The highest BCUT2D eigenvalue weighted by atomic mass is 35.5. The van der Waals surface area contributed by atoms with E-state index in [0.29, 0.717) is 16.7 Å². The van der Waals surface area contributed by atoms with Crippen molar-refractivity contribution in [1.29, 1.82) is 0 Å². The van der Waals surface area contributed by atoms with E-state index in [0.717, 1.165) is 0 Å². The van der Waals surface area contributed by atoms with Crippen LogP contribution < -0.4 is 0 Å². The van der Waals surface area contributed by atoms with Gasteiger partial charge in [0.1, 0.15) is 5.75 Å². The lowest BCUT2D eigenvalue weighted by atomic mass is 9.85. The normalized spacial score (nSPS) is 15.3. The highest BCUT2D eigenvalue weighted by molar-refractivity contribution is 6.53. The number of aromatic carboxylic acids is 1. The number of hydrogen-bond acceptors (Lipinski definition) is 3. The van der Waals surface area contributed by atoms with Crippen molar-refractivity contribution >= 4 is 75.3 Å². The quantitative estimate of drug-likeness (QED) is 0.341. The second-order valence-corrected chi connectivity index (χ2v) is 8.25. The van der Waals surface area contributed by atoms with E-state index in [1.165, 1.54) is 36.4 Å². The molecular formula is C21H11Cl5O4. The summed E-state index contributed by atoms with van der Waals surface area (Å²) in [5.74, 6) is -1.71. The lowest BCUT2D eigenvalue weighted by molar-refractivity contribution is -0.110. The summed E-state index contributed by atoms with van der Waals surface area (Å²) in [6.07, 6.45) is 4.23. The summed E-state index contributed by atoms with van der Waals surface area (Å²) in [5.41, 5.74) is 1.23. The fourth-order valence-corrected chi connectivity index (χ4v) is 4.40. The first-order valence-corrected chi connectivity index (χ1v) is 10.2. The molecule has 0 spiro atoms. The molecule has 4 nitrogen and oxygen atoms in total. The van der Waals surface area contributed by atoms with Crippen LogP contribution in [-0.4, -0.2) is 22.0 Å². The second-order valence-electron chi connectivity index (χ2n) is 6.33. The Hall–Kier alpha value is -1.95. The number of rotatable bonds is 3. The SMILES string of the molecule is CC1=CC(=O)C=C/C1=C(\c1ccc(O)cc1Cl)c1c(Cl)c(Cl)c(Cl)c(Cl)c1C(=O)O. The van der Waals surface area contributed by atoms with Crippen LogP contribution in [0.1, 0.15) is 28.4 Å². The van der Waals surface area contributed by atoms with Gasteiger partial charge in [-0.2, -0.15) is 0 Å². The molecule has 30 heavy (non-hydrogen) atoms. The molecule has 154 valence electrons. The number of hydrogen-bond donors (Lipinski definition) is 2. The van der Waals surface area contributed by atoms with E-state index in [4.69, 9.17) is 58.0 Å². The maximum atomic E-state index is 12.1. The molecule has 3 rings (SSSR count). The summed E-state index contributed by atoms with van der Waals surface area (Å²) in [4.78, 5) is 23.9. The van der Waals surface area contributed by atoms with Crippen molar-refractivity contribution in [1.82, 2.24) is 0 Å². The van der Waals surface area contributed by atoms with E-state index in [1.54, 1.807) is 6.92 Å². The zero-order valence-electron chi connectivity index (χ0n) is 15.1. The Labute approximate surface area is 196 Å². The zero-order chi connectivity index (χ0) is 22.3. The maximum absolute atomic E-state index is 12.1. The molecule has 2 aromatic carbocycles. The zero-order valence-corrected chi connectivity index (χ0v) is 18.8. The predicted octanol–water partition coefficient (Wildman–Crippen LogP) is 7.24. The minimum Gasteiger partial charge on any atom is -0.508 e. The van der Waals surface area contributed by atoms with E-state index in [9.17, 15) is 19.8 Å². The fraction of sp³-hybridized carbons (Fsp3) is 0.0476. The van der Waals surface area contributed by atoms with Gasteiger partial charge in [0.25, 0.3) is 0 Å². The molecule has 0 saturated heterocycles. The van der Waals surface area contributed by atoms with Crippen molar-refractivity contribution in [2.45, 2.75) is 6.92 Å². The number of ketones is 1. The van der Waals surface area contributed by atoms with Crippen LogP contribution in [0.5, 0.6) is 5.75 Å². The molecule has 0 fully saturated rings. The second kappa shape index (κ2) is 8.66. The molecule has 0 aromatic heterocycles. The molecule has 0 heterocycles. The first-order chi connectivity index (χ1) is 14.0. The number of allylic oxidation sites excluding steroid dienone is 5. The van der Waals surface area contributed by atoms with Crippen molar-refractivity contribution in [3.05, 3.63) is 89.4 Å². The molecule has 2 aromatic rings. The molecule has 1 aliphatic rings. The van der Waals surface area contributed by atoms with E-state index in [-0.39, 0.29) is 53.3 Å². The monoisotopic (exact) mass is 502 g/mol. The summed E-state index contributed by atoms with van der Waals surface area (Å²) >= 11 is 31.4. The van der Waals surface area contributed by atoms with Crippen molar-refractivity contribution in [3.8, 4) is 5.75 Å². The lowest BCUT2D eigenvalue weighted by Crippen LogP contribution is -2.09. The molecule has 0 amide bonds. The van der Waals surface area contributed by atoms with Crippen LogP contribution in [-0.2, 0) is 4.79 Å². The van der Waals surface area contributed by atoms with Gasteiger partial charge in [-0.25, -0.2) is 4.79 Å². The third kappa shape index (κ3) is 3.98. The van der Waals surface area contributed by atoms with E-state index in [2.05, 4.69) is 0 Å². The number of carbonyl (C=O) groups excluding carboxylic acids is 1. The number of phenols is 1. The molecule has 9 heteroatoms. The van der Waals surface area contributed by atoms with E-state index in [1.807, 2.05) is 0 Å². The Morgan fingerprint density at radius 2 is 1.50 bits per heavy atom. The van der Waals surface area contributed by atoms with Crippen LogP contribution in [0.4, 0.5) is 0 Å². The first-order valence-electron chi connectivity index (χ1n) is 8.28. The molecule has 0 bridgehead atoms. The highest BCUT2D eigenvalue weighted by Crippen LogP contribution is 2.48. The average molecular weight is 505 g/mol. The Bertz CT molecular complexity index is 1210. The minimum absolute atomic E-state index is 0.0158. The number of phenolic OH excluding ortho intramolecular Hbond substituents is 1. The van der Waals surface area contributed by atoms with Gasteiger partial charge in [-0.05, 0) is 48.4 Å². The number of carbonyl (C=O) groups is 2. The smallest absolute Gasteiger partial charge is 0.337 e. The minimum atomic E-state index is -1.39. The molecule has 1 aliphatic carbocycles. The number of carboxylic acids is 1. The standard InChI is InChI=1S/C21H11Cl5O4/c1-8-6-9(27)2-4-11(8)14(12-5-3-10(28)7-13(12)22)15-16(21(29)30)18(24)20(26)19(25)17(15)23/h2-7,28H,1H3,(H,29,30)/b14-11-. The lowest BCUT2D eigenvalue weighted by Gasteiger charge is -2.22. The van der Waals surface area contributed by atoms with Gasteiger partial charge in [0.2, 0.25) is 0 Å². The van der Waals surface area contributed by atoms with Crippen molar-refractivity contribution in [2.75, 3.05) is 0 Å². The molecule has 0 aliphatic heterocycles. The topological polar surface area (TPSA) is 74.6 Å². The van der Waals surface area contributed by atoms with Crippen molar-refractivity contribution < 1.29 is 19.8 Å². The molecule has 0 saturated carbocycles. The summed E-state index contributed by atoms with van der Waals surface area (Å²) in [6, 6.07) is 4.17. The van der Waals surface area contributed by atoms with Gasteiger partial charge in [0.05, 0.1) is 30.7 Å². The Balaban J connectivity index is 2.57. The number of aromatic hydroxyl groups is 1. The third-order valence-corrected chi connectivity index (χ3v) is 6.53. The number of benzene rings is 2. The van der Waals surface area contributed by atoms with E-state index >= 15 is 0 Å². The van der Waals surface area contributed by atoms with Crippen LogP contribution >= 0.6 is 58.0 Å². The third-order valence-electron chi connectivity index (χ3n) is 4.42. The summed E-state index contributed by atoms with van der Waals surface area (Å²) in [5, 5.41) is 19.0. The van der Waals surface area contributed by atoms with Crippen LogP contribution in [0.3, 0.4) is 0 Å². The Morgan fingerprint density at radius 1 is 0.900 bits per heavy atom. The van der Waals surface area contributed by atoms with Crippen LogP contribution in [0, 0.1) is 0 Å². The number of carboxylic acid groups (broad SMARTS) is 1. The van der Waals surface area contributed by atoms with Gasteiger partial charge in [0, 0.05) is 16.7 Å². The molecule has 0 atom stereocenters. The largest absolute Gasteiger partial charge is 0.508 e. The van der Waals surface area contributed by atoms with E-state index < -0.39 is 5.97 Å². The van der Waals surface area contributed by atoms with Gasteiger partial charge >= 0.3 is 5.97 Å². The molecule has 0 radical (unpaired) electrons. The predicted molar refractivity (Wildman–Crippen MR) is 120 cm³/mol. The summed E-state index contributed by atoms with van der Waals surface area (Å²) in [6.45, 7) is 1.68. The Morgan fingerprint density at radius 3 is 2.03 bits per heavy atom. The molecular weight excluding hydrogens is 493 g/mol. The first kappa shape index (κ1) is 22.7. The van der Waals surface area contributed by atoms with Gasteiger partial charge < -0.3 is 10.2 Å². The van der Waals surface area contributed by atoms with Gasteiger partial charge in [-0.1, -0.05) is 64.1 Å². The fourth-order valence-electron chi connectivity index (χ4n) is 3.11. The van der Waals surface area contributed by atoms with Gasteiger partial charge in [-0.3, -0.25) is 4.79 Å². The highest BCUT2D eigenvalue weighted by Gasteiger charge is 2.30. The maximum Gasteiger partial charge on any atom is 0.337 e. The summed E-state index contributed by atoms with van der Waals surface area (Å²) < 4.78 is 0. The van der Waals surface area contributed by atoms with Crippen LogP contribution in [0.15, 0.2) is 47.6 Å². The van der Waals surface area contributed by atoms with Gasteiger partial charge in [-0.15, -0.1) is 0 Å². The number of halogens is 5.